The van der Waals surface area contributed by atoms with Gasteiger partial charge in [-0.25, -0.2) is 4.98 Å². The Labute approximate surface area is 110 Å². The van der Waals surface area contributed by atoms with Gasteiger partial charge >= 0.3 is 0 Å². The third-order valence-electron chi connectivity index (χ3n) is 3.25. The molecule has 1 aromatic carbocycles. The Kier molecular flexibility index (Phi) is 2.88. The molecule has 2 heterocycles. The van der Waals surface area contributed by atoms with E-state index in [2.05, 4.69) is 34.1 Å². The van der Waals surface area contributed by atoms with Crippen LogP contribution in [0.3, 0.4) is 0 Å². The van der Waals surface area contributed by atoms with Crippen molar-refractivity contribution in [2.75, 3.05) is 11.4 Å². The summed E-state index contributed by atoms with van der Waals surface area (Å²) < 4.78 is 0. The van der Waals surface area contributed by atoms with E-state index in [1.807, 2.05) is 5.38 Å². The minimum atomic E-state index is 0.0370. The summed E-state index contributed by atoms with van der Waals surface area (Å²) in [5, 5.41) is 2.80. The molecule has 0 amide bonds. The van der Waals surface area contributed by atoms with E-state index in [-0.39, 0.29) is 5.78 Å². The fourth-order valence-corrected chi connectivity index (χ4v) is 3.12. The van der Waals surface area contributed by atoms with Crippen molar-refractivity contribution in [2.45, 2.75) is 19.9 Å². The highest BCUT2D eigenvalue weighted by molar-refractivity contribution is 7.13. The fourth-order valence-electron chi connectivity index (χ4n) is 2.23. The Morgan fingerprint density at radius 3 is 2.83 bits per heavy atom. The molecule has 0 atom stereocenters. The number of aromatic nitrogens is 1. The van der Waals surface area contributed by atoms with E-state index in [9.17, 15) is 4.79 Å². The molecule has 0 radical (unpaired) electrons. The van der Waals surface area contributed by atoms with E-state index in [0.29, 0.717) is 5.69 Å². The van der Waals surface area contributed by atoms with E-state index in [0.717, 1.165) is 24.6 Å². The fraction of sp³-hybridized carbons (Fsp3) is 0.286. The summed E-state index contributed by atoms with van der Waals surface area (Å²) >= 11 is 1.55. The zero-order valence-corrected chi connectivity index (χ0v) is 11.0. The molecule has 0 bridgehead atoms. The van der Waals surface area contributed by atoms with Gasteiger partial charge in [0.2, 0.25) is 0 Å². The number of benzene rings is 1. The highest BCUT2D eigenvalue weighted by atomic mass is 32.1. The van der Waals surface area contributed by atoms with Crippen LogP contribution in [0.2, 0.25) is 0 Å². The van der Waals surface area contributed by atoms with E-state index in [1.165, 1.54) is 11.1 Å². The number of fused-ring (bicyclic) bond motifs is 1. The molecule has 0 unspecified atom stereocenters. The molecular formula is C14H14N2OS. The van der Waals surface area contributed by atoms with Crippen molar-refractivity contribution in [2.24, 2.45) is 0 Å². The minimum Gasteiger partial charge on any atom is -0.343 e. The van der Waals surface area contributed by atoms with Gasteiger partial charge in [-0.3, -0.25) is 4.79 Å². The van der Waals surface area contributed by atoms with Gasteiger partial charge in [0.25, 0.3) is 0 Å². The average Bonchev–Trinajstić information content (AvgIpc) is 2.88. The first-order valence-electron chi connectivity index (χ1n) is 6.02. The van der Waals surface area contributed by atoms with Crippen molar-refractivity contribution in [3.05, 3.63) is 46.5 Å². The monoisotopic (exact) mass is 258 g/mol. The molecule has 0 spiro atoms. The van der Waals surface area contributed by atoms with Crippen LogP contribution in [0.15, 0.2) is 29.6 Å². The van der Waals surface area contributed by atoms with Crippen LogP contribution in [0.25, 0.3) is 0 Å². The van der Waals surface area contributed by atoms with Crippen molar-refractivity contribution in [3.8, 4) is 0 Å². The summed E-state index contributed by atoms with van der Waals surface area (Å²) in [4.78, 5) is 17.9. The van der Waals surface area contributed by atoms with Gasteiger partial charge in [-0.05, 0) is 17.5 Å². The molecule has 0 saturated carbocycles. The number of rotatable bonds is 2. The first-order valence-corrected chi connectivity index (χ1v) is 6.90. The lowest BCUT2D eigenvalue weighted by Crippen LogP contribution is -2.30. The van der Waals surface area contributed by atoms with Crippen LogP contribution in [-0.4, -0.2) is 17.3 Å². The molecule has 1 aromatic heterocycles. The molecule has 0 N–H and O–H groups in total. The quantitative estimate of drug-likeness (QED) is 0.777. The van der Waals surface area contributed by atoms with E-state index in [4.69, 9.17) is 0 Å². The number of Topliss-reactive ketones (excluding diaryl/α,β-unsaturated/α-hetero) is 1. The molecule has 0 aliphatic carbocycles. The Balaban J connectivity index is 1.85. The number of hydrogen-bond donors (Lipinski definition) is 0. The molecule has 4 heteroatoms. The molecule has 0 saturated heterocycles. The molecule has 3 rings (SSSR count). The van der Waals surface area contributed by atoms with Crippen molar-refractivity contribution in [1.29, 1.82) is 0 Å². The Hall–Kier alpha value is -1.68. The van der Waals surface area contributed by atoms with Gasteiger partial charge in [-0.15, -0.1) is 11.3 Å². The third-order valence-corrected chi connectivity index (χ3v) is 4.16. The van der Waals surface area contributed by atoms with Crippen LogP contribution in [0.5, 0.6) is 0 Å². The largest absolute Gasteiger partial charge is 0.343 e. The highest BCUT2D eigenvalue weighted by Crippen LogP contribution is 2.27. The summed E-state index contributed by atoms with van der Waals surface area (Å²) in [5.41, 5.74) is 3.37. The lowest BCUT2D eigenvalue weighted by atomic mass is 10.0. The highest BCUT2D eigenvalue weighted by Gasteiger charge is 2.19. The SMILES string of the molecule is CC(=O)c1csc(N2CCc3ccccc3C2)n1. The molecule has 18 heavy (non-hydrogen) atoms. The van der Waals surface area contributed by atoms with Crippen LogP contribution < -0.4 is 4.90 Å². The molecular weight excluding hydrogens is 244 g/mol. The molecule has 2 aromatic rings. The number of ketones is 1. The van der Waals surface area contributed by atoms with Crippen LogP contribution in [0.1, 0.15) is 28.5 Å². The number of anilines is 1. The number of carbonyl (C=O) groups is 1. The second kappa shape index (κ2) is 4.53. The maximum atomic E-state index is 11.3. The van der Waals surface area contributed by atoms with Crippen LogP contribution in [0.4, 0.5) is 5.13 Å². The van der Waals surface area contributed by atoms with E-state index >= 15 is 0 Å². The van der Waals surface area contributed by atoms with Crippen molar-refractivity contribution in [3.63, 3.8) is 0 Å². The standard InChI is InChI=1S/C14H14N2OS/c1-10(17)13-9-18-14(15-13)16-7-6-11-4-2-3-5-12(11)8-16/h2-5,9H,6-8H2,1H3. The zero-order chi connectivity index (χ0) is 12.5. The third kappa shape index (κ3) is 2.04. The summed E-state index contributed by atoms with van der Waals surface area (Å²) in [6.45, 7) is 3.42. The minimum absolute atomic E-state index is 0.0370. The van der Waals surface area contributed by atoms with E-state index < -0.39 is 0 Å². The summed E-state index contributed by atoms with van der Waals surface area (Å²) in [7, 11) is 0. The number of carbonyl (C=O) groups excluding carboxylic acids is 1. The van der Waals surface area contributed by atoms with Gasteiger partial charge in [0.05, 0.1) is 0 Å². The topological polar surface area (TPSA) is 33.2 Å². The number of hydrogen-bond acceptors (Lipinski definition) is 4. The van der Waals surface area contributed by atoms with Crippen LogP contribution >= 0.6 is 11.3 Å². The second-order valence-corrected chi connectivity index (χ2v) is 5.35. The van der Waals surface area contributed by atoms with Gasteiger partial charge in [0.15, 0.2) is 10.9 Å². The first kappa shape index (κ1) is 11.4. The first-order chi connectivity index (χ1) is 8.74. The number of thiazole rings is 1. The smallest absolute Gasteiger partial charge is 0.186 e. The van der Waals surface area contributed by atoms with Crippen LogP contribution in [0, 0.1) is 0 Å². The van der Waals surface area contributed by atoms with Gasteiger partial charge in [-0.1, -0.05) is 24.3 Å². The second-order valence-electron chi connectivity index (χ2n) is 4.51. The van der Waals surface area contributed by atoms with Crippen molar-refractivity contribution >= 4 is 22.3 Å². The molecule has 0 fully saturated rings. The predicted molar refractivity (Wildman–Crippen MR) is 73.3 cm³/mol. The lowest BCUT2D eigenvalue weighted by molar-refractivity contribution is 0.101. The summed E-state index contributed by atoms with van der Waals surface area (Å²) in [6.07, 6.45) is 1.05. The molecule has 1 aliphatic rings. The van der Waals surface area contributed by atoms with Crippen molar-refractivity contribution in [1.82, 2.24) is 4.98 Å². The molecule has 3 nitrogen and oxygen atoms in total. The van der Waals surface area contributed by atoms with Gasteiger partial charge in [0.1, 0.15) is 5.69 Å². The van der Waals surface area contributed by atoms with Gasteiger partial charge in [0, 0.05) is 25.4 Å². The normalized spacial score (nSPS) is 14.4. The molecule has 1 aliphatic heterocycles. The average molecular weight is 258 g/mol. The van der Waals surface area contributed by atoms with E-state index in [1.54, 1.807) is 18.3 Å². The van der Waals surface area contributed by atoms with Crippen LogP contribution in [-0.2, 0) is 13.0 Å². The zero-order valence-electron chi connectivity index (χ0n) is 10.2. The molecule has 92 valence electrons. The number of nitrogens with zero attached hydrogens (tertiary/aromatic N) is 2. The maximum Gasteiger partial charge on any atom is 0.186 e. The summed E-state index contributed by atoms with van der Waals surface area (Å²) in [5.74, 6) is 0.0370. The maximum absolute atomic E-state index is 11.3. The van der Waals surface area contributed by atoms with Crippen molar-refractivity contribution < 1.29 is 4.79 Å². The Morgan fingerprint density at radius 1 is 1.33 bits per heavy atom. The summed E-state index contributed by atoms with van der Waals surface area (Å²) in [6, 6.07) is 8.52. The Morgan fingerprint density at radius 2 is 2.11 bits per heavy atom. The lowest BCUT2D eigenvalue weighted by Gasteiger charge is -2.28. The Bertz CT molecular complexity index is 591. The predicted octanol–water partition coefficient (Wildman–Crippen LogP) is 2.91. The van der Waals surface area contributed by atoms with Gasteiger partial charge in [-0.2, -0.15) is 0 Å². The van der Waals surface area contributed by atoms with Gasteiger partial charge < -0.3 is 4.90 Å².